The summed E-state index contributed by atoms with van der Waals surface area (Å²) in [6, 6.07) is 12.4. The van der Waals surface area contributed by atoms with Gasteiger partial charge in [0.2, 0.25) is 0 Å². The van der Waals surface area contributed by atoms with Gasteiger partial charge in [-0.05, 0) is 57.0 Å². The zero-order valence-electron chi connectivity index (χ0n) is 13.1. The molecule has 1 heterocycles. The first-order valence-electron chi connectivity index (χ1n) is 8.38. The molecule has 0 unspecified atom stereocenters. The Morgan fingerprint density at radius 2 is 1.81 bits per heavy atom. The van der Waals surface area contributed by atoms with Crippen LogP contribution in [0, 0.1) is 0 Å². The highest BCUT2D eigenvalue weighted by atomic mass is 32.2. The molecule has 0 radical (unpaired) electrons. The first-order chi connectivity index (χ1) is 10.3. The third kappa shape index (κ3) is 4.48. The van der Waals surface area contributed by atoms with Gasteiger partial charge in [0.05, 0.1) is 0 Å². The normalized spacial score (nSPS) is 28.0. The van der Waals surface area contributed by atoms with Gasteiger partial charge in [-0.25, -0.2) is 0 Å². The molecule has 3 rings (SSSR count). The zero-order chi connectivity index (χ0) is 14.5. The van der Waals surface area contributed by atoms with E-state index in [2.05, 4.69) is 58.6 Å². The van der Waals surface area contributed by atoms with Crippen LogP contribution in [-0.4, -0.2) is 41.6 Å². The van der Waals surface area contributed by atoms with Gasteiger partial charge in [0.25, 0.3) is 0 Å². The Kier molecular flexibility index (Phi) is 5.61. The largest absolute Gasteiger partial charge is 0.311 e. The minimum absolute atomic E-state index is 0.752. The van der Waals surface area contributed by atoms with Crippen molar-refractivity contribution in [2.75, 3.05) is 19.3 Å². The van der Waals surface area contributed by atoms with Crippen LogP contribution in [0.5, 0.6) is 0 Å². The molecule has 2 nitrogen and oxygen atoms in total. The molecule has 2 atom stereocenters. The predicted octanol–water partition coefficient (Wildman–Crippen LogP) is 3.52. The molecule has 1 saturated heterocycles. The fourth-order valence-electron chi connectivity index (χ4n) is 3.74. The molecule has 0 bridgehead atoms. The number of nitrogens with zero attached hydrogens (tertiary/aromatic N) is 1. The summed E-state index contributed by atoms with van der Waals surface area (Å²) in [6.07, 6.45) is 9.06. The number of hydrogen-bond donors (Lipinski definition) is 1. The van der Waals surface area contributed by atoms with Gasteiger partial charge in [-0.2, -0.15) is 11.8 Å². The lowest BCUT2D eigenvalue weighted by molar-refractivity contribution is 0.184. The van der Waals surface area contributed by atoms with Gasteiger partial charge in [-0.3, -0.25) is 4.90 Å². The van der Waals surface area contributed by atoms with Gasteiger partial charge >= 0.3 is 0 Å². The van der Waals surface area contributed by atoms with Gasteiger partial charge in [-0.15, -0.1) is 0 Å². The van der Waals surface area contributed by atoms with E-state index in [-0.39, 0.29) is 0 Å². The van der Waals surface area contributed by atoms with E-state index in [0.29, 0.717) is 0 Å². The highest BCUT2D eigenvalue weighted by Gasteiger charge is 2.27. The van der Waals surface area contributed by atoms with Crippen molar-refractivity contribution in [3.63, 3.8) is 0 Å². The molecule has 1 N–H and O–H groups in total. The number of likely N-dealkylation sites (tertiary alicyclic amines) is 1. The second-order valence-electron chi connectivity index (χ2n) is 6.57. The lowest BCUT2D eigenvalue weighted by atomic mass is 10.0. The van der Waals surface area contributed by atoms with Crippen LogP contribution in [0.2, 0.25) is 0 Å². The summed E-state index contributed by atoms with van der Waals surface area (Å²) in [4.78, 5) is 2.60. The molecule has 116 valence electrons. The minimum Gasteiger partial charge on any atom is -0.311 e. The Balaban J connectivity index is 1.39. The third-order valence-corrected chi connectivity index (χ3v) is 6.12. The van der Waals surface area contributed by atoms with E-state index in [1.165, 1.54) is 50.8 Å². The lowest BCUT2D eigenvalue weighted by Crippen LogP contribution is -2.45. The molecule has 1 aliphatic heterocycles. The maximum atomic E-state index is 3.93. The maximum absolute atomic E-state index is 3.93. The quantitative estimate of drug-likeness (QED) is 0.896. The molecule has 0 spiro atoms. The Labute approximate surface area is 133 Å². The van der Waals surface area contributed by atoms with Crippen LogP contribution in [0.4, 0.5) is 0 Å². The number of rotatable bonds is 5. The van der Waals surface area contributed by atoms with E-state index < -0.39 is 0 Å². The maximum Gasteiger partial charge on any atom is 0.0233 e. The van der Waals surface area contributed by atoms with Gasteiger partial charge < -0.3 is 5.32 Å². The van der Waals surface area contributed by atoms with Crippen molar-refractivity contribution in [3.8, 4) is 0 Å². The van der Waals surface area contributed by atoms with Crippen LogP contribution >= 0.6 is 11.8 Å². The Hall–Kier alpha value is -0.510. The fraction of sp³-hybridized carbons (Fsp3) is 0.667. The van der Waals surface area contributed by atoms with E-state index in [9.17, 15) is 0 Å². The number of thioether (sulfide) groups is 1. The summed E-state index contributed by atoms with van der Waals surface area (Å²) in [5.74, 6) is 0. The second-order valence-corrected chi connectivity index (χ2v) is 7.71. The van der Waals surface area contributed by atoms with Crippen molar-refractivity contribution in [2.24, 2.45) is 0 Å². The summed E-state index contributed by atoms with van der Waals surface area (Å²) >= 11 is 2.05. The predicted molar refractivity (Wildman–Crippen MR) is 92.8 cm³/mol. The third-order valence-electron chi connectivity index (χ3n) is 5.03. The number of piperidine rings is 1. The molecule has 1 saturated carbocycles. The van der Waals surface area contributed by atoms with E-state index in [4.69, 9.17) is 0 Å². The van der Waals surface area contributed by atoms with Crippen LogP contribution in [0.15, 0.2) is 30.3 Å². The zero-order valence-corrected chi connectivity index (χ0v) is 13.9. The molecule has 0 aromatic heterocycles. The molecule has 0 amide bonds. The smallest absolute Gasteiger partial charge is 0.0233 e. The van der Waals surface area contributed by atoms with E-state index in [0.717, 1.165) is 23.9 Å². The highest BCUT2D eigenvalue weighted by Crippen LogP contribution is 2.29. The van der Waals surface area contributed by atoms with Gasteiger partial charge in [0.15, 0.2) is 0 Å². The molecule has 1 aliphatic carbocycles. The van der Waals surface area contributed by atoms with Crippen molar-refractivity contribution in [3.05, 3.63) is 35.9 Å². The fourth-order valence-corrected chi connectivity index (χ4v) is 4.53. The Morgan fingerprint density at radius 1 is 1.05 bits per heavy atom. The van der Waals surface area contributed by atoms with Crippen LogP contribution in [0.25, 0.3) is 0 Å². The molecular weight excluding hydrogens is 276 g/mol. The van der Waals surface area contributed by atoms with E-state index >= 15 is 0 Å². The topological polar surface area (TPSA) is 15.3 Å². The second kappa shape index (κ2) is 7.66. The lowest BCUT2D eigenvalue weighted by Gasteiger charge is -2.34. The molecule has 2 aliphatic rings. The average Bonchev–Trinajstić information content (AvgIpc) is 2.98. The molecule has 21 heavy (non-hydrogen) atoms. The van der Waals surface area contributed by atoms with Gasteiger partial charge in [0, 0.05) is 23.9 Å². The van der Waals surface area contributed by atoms with Crippen molar-refractivity contribution in [2.45, 2.75) is 56.0 Å². The van der Waals surface area contributed by atoms with Crippen molar-refractivity contribution in [1.29, 1.82) is 0 Å². The summed E-state index contributed by atoms with van der Waals surface area (Å²) < 4.78 is 0. The van der Waals surface area contributed by atoms with Crippen molar-refractivity contribution in [1.82, 2.24) is 10.2 Å². The van der Waals surface area contributed by atoms with Gasteiger partial charge in [-0.1, -0.05) is 30.3 Å². The van der Waals surface area contributed by atoms with Crippen molar-refractivity contribution < 1.29 is 0 Å². The number of nitrogens with one attached hydrogen (secondary N) is 1. The first-order valence-corrected chi connectivity index (χ1v) is 9.67. The van der Waals surface area contributed by atoms with Crippen molar-refractivity contribution >= 4 is 11.8 Å². The standard InChI is InChI=1S/C18H28N2S/c1-21-18-8-7-17(13-18)19-16-9-11-20(12-10-16)14-15-5-3-2-4-6-15/h2-6,16-19H,7-14H2,1H3/t17-,18+/m0/s1. The molecule has 1 aromatic carbocycles. The molecule has 1 aromatic rings. The van der Waals surface area contributed by atoms with Crippen LogP contribution < -0.4 is 5.32 Å². The molecule has 2 fully saturated rings. The number of hydrogen-bond acceptors (Lipinski definition) is 3. The SMILES string of the molecule is CS[C@@H]1CC[C@H](NC2CCN(Cc3ccccc3)CC2)C1. The van der Waals surface area contributed by atoms with E-state index in [1.54, 1.807) is 0 Å². The first kappa shape index (κ1) is 15.4. The van der Waals surface area contributed by atoms with Crippen LogP contribution in [0.3, 0.4) is 0 Å². The molecular formula is C18H28N2S. The average molecular weight is 305 g/mol. The highest BCUT2D eigenvalue weighted by molar-refractivity contribution is 7.99. The summed E-state index contributed by atoms with van der Waals surface area (Å²) in [5.41, 5.74) is 1.45. The molecule has 3 heteroatoms. The Bertz CT molecular complexity index is 414. The monoisotopic (exact) mass is 304 g/mol. The van der Waals surface area contributed by atoms with Crippen LogP contribution in [-0.2, 0) is 6.54 Å². The summed E-state index contributed by atoms with van der Waals surface area (Å²) in [7, 11) is 0. The number of benzene rings is 1. The summed E-state index contributed by atoms with van der Waals surface area (Å²) in [5, 5.41) is 4.83. The van der Waals surface area contributed by atoms with Gasteiger partial charge in [0.1, 0.15) is 0 Å². The minimum atomic E-state index is 0.752. The summed E-state index contributed by atoms with van der Waals surface area (Å²) in [6.45, 7) is 3.60. The van der Waals surface area contributed by atoms with E-state index in [1.807, 2.05) is 0 Å². The van der Waals surface area contributed by atoms with Crippen LogP contribution in [0.1, 0.15) is 37.7 Å². The Morgan fingerprint density at radius 3 is 2.48 bits per heavy atom.